The third-order valence-corrected chi connectivity index (χ3v) is 2.79. The molecule has 0 bridgehead atoms. The highest BCUT2D eigenvalue weighted by atomic mass is 19.3. The van der Waals surface area contributed by atoms with Crippen LogP contribution < -0.4 is 5.32 Å². The zero-order valence-corrected chi connectivity index (χ0v) is 7.79. The van der Waals surface area contributed by atoms with Gasteiger partial charge in [0.1, 0.15) is 0 Å². The van der Waals surface area contributed by atoms with Crippen molar-refractivity contribution < 1.29 is 8.78 Å². The third-order valence-electron chi connectivity index (χ3n) is 2.79. The van der Waals surface area contributed by atoms with Crippen molar-refractivity contribution >= 4 is 0 Å². The fourth-order valence-corrected chi connectivity index (χ4v) is 1.82. The van der Waals surface area contributed by atoms with E-state index >= 15 is 0 Å². The van der Waals surface area contributed by atoms with Crippen LogP contribution in [0.2, 0.25) is 0 Å². The standard InChI is InChI=1S/C9H17F2N/c1-8(7-12-2)3-5-9(10,11)6-4-8/h12H,3-7H2,1-2H3. The van der Waals surface area contributed by atoms with E-state index in [1.54, 1.807) is 0 Å². The molecule has 0 heterocycles. The highest BCUT2D eigenvalue weighted by molar-refractivity contribution is 4.86. The molecule has 0 aliphatic heterocycles. The molecular weight excluding hydrogens is 160 g/mol. The van der Waals surface area contributed by atoms with Crippen LogP contribution in [0.5, 0.6) is 0 Å². The van der Waals surface area contributed by atoms with Gasteiger partial charge in [-0.15, -0.1) is 0 Å². The van der Waals surface area contributed by atoms with Gasteiger partial charge in [0.2, 0.25) is 5.92 Å². The molecular formula is C9H17F2N. The van der Waals surface area contributed by atoms with Gasteiger partial charge in [-0.2, -0.15) is 0 Å². The van der Waals surface area contributed by atoms with Crippen molar-refractivity contribution in [2.24, 2.45) is 5.41 Å². The Morgan fingerprint density at radius 3 is 2.08 bits per heavy atom. The van der Waals surface area contributed by atoms with Crippen molar-refractivity contribution in [1.82, 2.24) is 5.32 Å². The minimum atomic E-state index is -2.40. The maximum atomic E-state index is 12.8. The van der Waals surface area contributed by atoms with E-state index in [2.05, 4.69) is 12.2 Å². The monoisotopic (exact) mass is 177 g/mol. The molecule has 1 rings (SSSR count). The molecule has 1 saturated carbocycles. The fourth-order valence-electron chi connectivity index (χ4n) is 1.82. The molecule has 0 amide bonds. The molecule has 1 nitrogen and oxygen atoms in total. The summed E-state index contributed by atoms with van der Waals surface area (Å²) in [6.07, 6.45) is 1.40. The number of nitrogens with one attached hydrogen (secondary N) is 1. The Morgan fingerprint density at radius 2 is 1.67 bits per heavy atom. The highest BCUT2D eigenvalue weighted by Crippen LogP contribution is 2.42. The summed E-state index contributed by atoms with van der Waals surface area (Å²) in [5.74, 6) is -2.40. The van der Waals surface area contributed by atoms with Crippen LogP contribution in [0.4, 0.5) is 8.78 Å². The largest absolute Gasteiger partial charge is 0.319 e. The Bertz CT molecular complexity index is 147. The van der Waals surface area contributed by atoms with Gasteiger partial charge >= 0.3 is 0 Å². The molecule has 0 aromatic heterocycles. The van der Waals surface area contributed by atoms with Crippen molar-refractivity contribution in [3.63, 3.8) is 0 Å². The second-order valence-corrected chi connectivity index (χ2v) is 4.20. The van der Waals surface area contributed by atoms with Crippen LogP contribution in [-0.2, 0) is 0 Å². The maximum absolute atomic E-state index is 12.8. The predicted molar refractivity (Wildman–Crippen MR) is 45.4 cm³/mol. The Kier molecular flexibility index (Phi) is 2.71. The molecule has 1 aliphatic carbocycles. The van der Waals surface area contributed by atoms with Crippen molar-refractivity contribution in [3.05, 3.63) is 0 Å². The average molecular weight is 177 g/mol. The number of alkyl halides is 2. The van der Waals surface area contributed by atoms with Gasteiger partial charge in [0, 0.05) is 19.4 Å². The summed E-state index contributed by atoms with van der Waals surface area (Å²) in [6.45, 7) is 2.93. The number of halogens is 2. The molecule has 0 atom stereocenters. The van der Waals surface area contributed by atoms with Crippen LogP contribution in [-0.4, -0.2) is 19.5 Å². The molecule has 72 valence electrons. The summed E-state index contributed by atoms with van der Waals surface area (Å²) in [5, 5.41) is 3.06. The number of hydrogen-bond acceptors (Lipinski definition) is 1. The third kappa shape index (κ3) is 2.41. The van der Waals surface area contributed by atoms with Gasteiger partial charge < -0.3 is 5.32 Å². The van der Waals surface area contributed by atoms with Crippen LogP contribution in [0, 0.1) is 5.41 Å². The lowest BCUT2D eigenvalue weighted by Crippen LogP contribution is -2.37. The van der Waals surface area contributed by atoms with E-state index in [4.69, 9.17) is 0 Å². The van der Waals surface area contributed by atoms with Crippen molar-refractivity contribution in [2.75, 3.05) is 13.6 Å². The first kappa shape index (κ1) is 9.90. The molecule has 1 aliphatic rings. The maximum Gasteiger partial charge on any atom is 0.248 e. The number of rotatable bonds is 2. The smallest absolute Gasteiger partial charge is 0.248 e. The van der Waals surface area contributed by atoms with E-state index in [0.29, 0.717) is 12.8 Å². The van der Waals surface area contributed by atoms with Crippen LogP contribution in [0.25, 0.3) is 0 Å². The van der Waals surface area contributed by atoms with Gasteiger partial charge in [0.05, 0.1) is 0 Å². The Morgan fingerprint density at radius 1 is 1.17 bits per heavy atom. The van der Waals surface area contributed by atoms with Gasteiger partial charge in [-0.3, -0.25) is 0 Å². The Labute approximate surface area is 72.5 Å². The van der Waals surface area contributed by atoms with Crippen LogP contribution in [0.3, 0.4) is 0 Å². The lowest BCUT2D eigenvalue weighted by molar-refractivity contribution is -0.0627. The van der Waals surface area contributed by atoms with Crippen molar-refractivity contribution in [1.29, 1.82) is 0 Å². The summed E-state index contributed by atoms with van der Waals surface area (Å²) < 4.78 is 25.5. The lowest BCUT2D eigenvalue weighted by Gasteiger charge is -2.37. The molecule has 0 spiro atoms. The molecule has 0 radical (unpaired) electrons. The van der Waals surface area contributed by atoms with E-state index in [9.17, 15) is 8.78 Å². The van der Waals surface area contributed by atoms with Crippen molar-refractivity contribution in [2.45, 2.75) is 38.5 Å². The molecule has 0 aromatic carbocycles. The summed E-state index contributed by atoms with van der Waals surface area (Å²) in [4.78, 5) is 0. The summed E-state index contributed by atoms with van der Waals surface area (Å²) in [6, 6.07) is 0. The summed E-state index contributed by atoms with van der Waals surface area (Å²) >= 11 is 0. The molecule has 0 saturated heterocycles. The van der Waals surface area contributed by atoms with Gasteiger partial charge in [0.25, 0.3) is 0 Å². The summed E-state index contributed by atoms with van der Waals surface area (Å²) in [5.41, 5.74) is 0.0937. The SMILES string of the molecule is CNCC1(C)CCC(F)(F)CC1. The van der Waals surface area contributed by atoms with Gasteiger partial charge in [-0.1, -0.05) is 6.92 Å². The normalized spacial score (nSPS) is 27.0. The van der Waals surface area contributed by atoms with E-state index in [0.717, 1.165) is 6.54 Å². The van der Waals surface area contributed by atoms with E-state index < -0.39 is 5.92 Å². The topological polar surface area (TPSA) is 12.0 Å². The molecule has 1 fully saturated rings. The van der Waals surface area contributed by atoms with Gasteiger partial charge in [0.15, 0.2) is 0 Å². The second kappa shape index (κ2) is 3.29. The molecule has 0 unspecified atom stereocenters. The minimum absolute atomic E-state index is 0.0607. The number of hydrogen-bond donors (Lipinski definition) is 1. The second-order valence-electron chi connectivity index (χ2n) is 4.20. The van der Waals surface area contributed by atoms with Crippen LogP contribution >= 0.6 is 0 Å². The lowest BCUT2D eigenvalue weighted by atomic mass is 9.74. The Balaban J connectivity index is 2.44. The van der Waals surface area contributed by atoms with E-state index in [1.807, 2.05) is 7.05 Å². The molecule has 12 heavy (non-hydrogen) atoms. The van der Waals surface area contributed by atoms with E-state index in [-0.39, 0.29) is 18.3 Å². The zero-order chi connectivity index (χ0) is 9.24. The first-order valence-electron chi connectivity index (χ1n) is 4.50. The van der Waals surface area contributed by atoms with Crippen LogP contribution in [0.15, 0.2) is 0 Å². The first-order valence-corrected chi connectivity index (χ1v) is 4.50. The minimum Gasteiger partial charge on any atom is -0.319 e. The fraction of sp³-hybridized carbons (Fsp3) is 1.00. The highest BCUT2D eigenvalue weighted by Gasteiger charge is 2.40. The quantitative estimate of drug-likeness (QED) is 0.683. The van der Waals surface area contributed by atoms with Crippen molar-refractivity contribution in [3.8, 4) is 0 Å². The molecule has 1 N–H and O–H groups in total. The predicted octanol–water partition coefficient (Wildman–Crippen LogP) is 2.42. The average Bonchev–Trinajstić information content (AvgIpc) is 1.98. The van der Waals surface area contributed by atoms with Crippen LogP contribution in [0.1, 0.15) is 32.6 Å². The zero-order valence-electron chi connectivity index (χ0n) is 7.79. The van der Waals surface area contributed by atoms with Gasteiger partial charge in [-0.05, 0) is 25.3 Å². The van der Waals surface area contributed by atoms with E-state index in [1.165, 1.54) is 0 Å². The molecule has 3 heteroatoms. The Hall–Kier alpha value is -0.180. The molecule has 0 aromatic rings. The first-order chi connectivity index (χ1) is 5.47. The summed E-state index contributed by atoms with van der Waals surface area (Å²) in [7, 11) is 1.87. The van der Waals surface area contributed by atoms with Gasteiger partial charge in [-0.25, -0.2) is 8.78 Å².